The molecule has 0 aliphatic carbocycles. The fraction of sp³-hybridized carbons (Fsp3) is 0.385. The van der Waals surface area contributed by atoms with Crippen LogP contribution in [-0.4, -0.2) is 38.2 Å². The Hall–Kier alpha value is -2.08. The summed E-state index contributed by atoms with van der Waals surface area (Å²) in [6.45, 7) is 2.99. The number of nitrogens with zero attached hydrogens (tertiary/aromatic N) is 1. The van der Waals surface area contributed by atoms with Gasteiger partial charge in [0.2, 0.25) is 0 Å². The predicted octanol–water partition coefficient (Wildman–Crippen LogP) is 1.19. The van der Waals surface area contributed by atoms with Gasteiger partial charge < -0.3 is 15.4 Å². The van der Waals surface area contributed by atoms with Crippen molar-refractivity contribution in [1.29, 1.82) is 0 Å². The first-order valence-electron chi connectivity index (χ1n) is 6.11. The average Bonchev–Trinajstić information content (AvgIpc) is 2.85. The molecule has 0 bridgehead atoms. The first-order valence-corrected chi connectivity index (χ1v) is 6.11. The van der Waals surface area contributed by atoms with Crippen LogP contribution in [0.1, 0.15) is 6.92 Å². The minimum Gasteiger partial charge on any atom is -0.372 e. The number of hydrogen-bond donors (Lipinski definition) is 2. The van der Waals surface area contributed by atoms with E-state index in [1.165, 1.54) is 7.11 Å². The second-order valence-electron chi connectivity index (χ2n) is 4.30. The summed E-state index contributed by atoms with van der Waals surface area (Å²) in [6, 6.07) is 7.04. The zero-order chi connectivity index (χ0) is 13.8. The van der Waals surface area contributed by atoms with Gasteiger partial charge in [0, 0.05) is 31.6 Å². The molecule has 1 heterocycles. The molecule has 0 aromatic heterocycles. The maximum Gasteiger partial charge on any atom is 0.321 e. The molecule has 102 valence electrons. The molecule has 0 spiro atoms. The van der Waals surface area contributed by atoms with E-state index in [2.05, 4.69) is 10.6 Å². The Bertz CT molecular complexity index is 473. The Morgan fingerprint density at radius 1 is 1.42 bits per heavy atom. The molecular formula is C13H17N3O3. The topological polar surface area (TPSA) is 70.7 Å². The molecule has 2 rings (SSSR count). The standard InChI is InChI=1S/C13H17N3O3/c1-9(19-2)12(17)15-10-3-5-11(6-4-10)16-8-7-14-13(16)18/h3-6,9H,7-8H2,1-2H3,(H,14,18)(H,15,17). The number of hydrogen-bond acceptors (Lipinski definition) is 3. The average molecular weight is 263 g/mol. The van der Waals surface area contributed by atoms with Crippen LogP contribution >= 0.6 is 0 Å². The van der Waals surface area contributed by atoms with Crippen LogP contribution in [0, 0.1) is 0 Å². The molecule has 19 heavy (non-hydrogen) atoms. The van der Waals surface area contributed by atoms with Gasteiger partial charge in [-0.15, -0.1) is 0 Å². The monoisotopic (exact) mass is 263 g/mol. The van der Waals surface area contributed by atoms with Crippen LogP contribution in [0.2, 0.25) is 0 Å². The number of anilines is 2. The summed E-state index contributed by atoms with van der Waals surface area (Å²) in [5.41, 5.74) is 1.49. The Labute approximate surface area is 111 Å². The van der Waals surface area contributed by atoms with Gasteiger partial charge in [0.25, 0.3) is 5.91 Å². The third kappa shape index (κ3) is 3.03. The van der Waals surface area contributed by atoms with E-state index in [1.54, 1.807) is 36.1 Å². The maximum atomic E-state index is 11.6. The van der Waals surface area contributed by atoms with Crippen molar-refractivity contribution in [2.24, 2.45) is 0 Å². The van der Waals surface area contributed by atoms with Crippen molar-refractivity contribution in [3.8, 4) is 0 Å². The highest BCUT2D eigenvalue weighted by Crippen LogP contribution is 2.19. The second-order valence-corrected chi connectivity index (χ2v) is 4.30. The van der Waals surface area contributed by atoms with E-state index in [9.17, 15) is 9.59 Å². The van der Waals surface area contributed by atoms with Crippen molar-refractivity contribution >= 4 is 23.3 Å². The van der Waals surface area contributed by atoms with Crippen LogP contribution in [0.15, 0.2) is 24.3 Å². The van der Waals surface area contributed by atoms with Gasteiger partial charge in [-0.05, 0) is 31.2 Å². The van der Waals surface area contributed by atoms with Crippen molar-refractivity contribution in [1.82, 2.24) is 5.32 Å². The Morgan fingerprint density at radius 3 is 2.63 bits per heavy atom. The third-order valence-corrected chi connectivity index (χ3v) is 3.03. The molecule has 1 aromatic carbocycles. The van der Waals surface area contributed by atoms with E-state index in [1.807, 2.05) is 0 Å². The van der Waals surface area contributed by atoms with Gasteiger partial charge in [0.15, 0.2) is 0 Å². The van der Waals surface area contributed by atoms with Crippen molar-refractivity contribution in [3.05, 3.63) is 24.3 Å². The molecular weight excluding hydrogens is 246 g/mol. The highest BCUT2D eigenvalue weighted by Gasteiger charge is 2.20. The number of urea groups is 1. The molecule has 1 aliphatic rings. The lowest BCUT2D eigenvalue weighted by Gasteiger charge is -2.15. The number of carbonyl (C=O) groups is 2. The zero-order valence-electron chi connectivity index (χ0n) is 11.0. The molecule has 3 amide bonds. The predicted molar refractivity (Wildman–Crippen MR) is 72.3 cm³/mol. The highest BCUT2D eigenvalue weighted by atomic mass is 16.5. The fourth-order valence-electron chi connectivity index (χ4n) is 1.79. The first kappa shape index (κ1) is 13.4. The van der Waals surface area contributed by atoms with Gasteiger partial charge in [0.1, 0.15) is 6.10 Å². The summed E-state index contributed by atoms with van der Waals surface area (Å²) in [4.78, 5) is 24.8. The summed E-state index contributed by atoms with van der Waals surface area (Å²) in [5, 5.41) is 5.48. The molecule has 1 aliphatic heterocycles. The summed E-state index contributed by atoms with van der Waals surface area (Å²) < 4.78 is 4.93. The van der Waals surface area contributed by atoms with E-state index >= 15 is 0 Å². The number of methoxy groups -OCH3 is 1. The van der Waals surface area contributed by atoms with Crippen LogP contribution < -0.4 is 15.5 Å². The fourth-order valence-corrected chi connectivity index (χ4v) is 1.79. The Morgan fingerprint density at radius 2 is 2.11 bits per heavy atom. The van der Waals surface area contributed by atoms with Gasteiger partial charge >= 0.3 is 6.03 Å². The minimum atomic E-state index is -0.496. The molecule has 6 nitrogen and oxygen atoms in total. The minimum absolute atomic E-state index is 0.0928. The first-order chi connectivity index (χ1) is 9.11. The summed E-state index contributed by atoms with van der Waals surface area (Å²) in [6.07, 6.45) is -0.496. The van der Waals surface area contributed by atoms with Crippen molar-refractivity contribution < 1.29 is 14.3 Å². The van der Waals surface area contributed by atoms with Crippen LogP contribution in [0.3, 0.4) is 0 Å². The highest BCUT2D eigenvalue weighted by molar-refractivity contribution is 5.96. The van der Waals surface area contributed by atoms with Crippen LogP contribution in [0.25, 0.3) is 0 Å². The number of carbonyl (C=O) groups excluding carboxylic acids is 2. The maximum absolute atomic E-state index is 11.6. The summed E-state index contributed by atoms with van der Waals surface area (Å²) in [7, 11) is 1.49. The van der Waals surface area contributed by atoms with E-state index in [0.29, 0.717) is 18.8 Å². The van der Waals surface area contributed by atoms with E-state index in [4.69, 9.17) is 4.74 Å². The molecule has 1 aromatic rings. The van der Waals surface area contributed by atoms with E-state index < -0.39 is 6.10 Å². The number of benzene rings is 1. The van der Waals surface area contributed by atoms with Crippen molar-refractivity contribution in [3.63, 3.8) is 0 Å². The lowest BCUT2D eigenvalue weighted by Crippen LogP contribution is -2.28. The lowest BCUT2D eigenvalue weighted by atomic mass is 10.2. The molecule has 6 heteroatoms. The number of ether oxygens (including phenoxy) is 1. The summed E-state index contributed by atoms with van der Waals surface area (Å²) >= 11 is 0. The molecule has 1 fully saturated rings. The van der Waals surface area contributed by atoms with Gasteiger partial charge in [-0.2, -0.15) is 0 Å². The van der Waals surface area contributed by atoms with Gasteiger partial charge in [0.05, 0.1) is 0 Å². The van der Waals surface area contributed by atoms with Crippen LogP contribution in [-0.2, 0) is 9.53 Å². The van der Waals surface area contributed by atoms with E-state index in [-0.39, 0.29) is 11.9 Å². The Balaban J connectivity index is 2.02. The number of amides is 3. The normalized spacial score (nSPS) is 16.1. The summed E-state index contributed by atoms with van der Waals surface area (Å²) in [5.74, 6) is -0.200. The smallest absolute Gasteiger partial charge is 0.321 e. The van der Waals surface area contributed by atoms with Gasteiger partial charge in [-0.1, -0.05) is 0 Å². The van der Waals surface area contributed by atoms with Crippen molar-refractivity contribution in [2.45, 2.75) is 13.0 Å². The Kier molecular flexibility index (Phi) is 4.01. The molecule has 0 saturated carbocycles. The largest absolute Gasteiger partial charge is 0.372 e. The SMILES string of the molecule is COC(C)C(=O)Nc1ccc(N2CCNC2=O)cc1. The number of rotatable bonds is 4. The number of nitrogens with one attached hydrogen (secondary N) is 2. The molecule has 1 saturated heterocycles. The second kappa shape index (κ2) is 5.71. The lowest BCUT2D eigenvalue weighted by molar-refractivity contribution is -0.124. The van der Waals surface area contributed by atoms with Crippen LogP contribution in [0.5, 0.6) is 0 Å². The molecule has 0 radical (unpaired) electrons. The quantitative estimate of drug-likeness (QED) is 0.857. The molecule has 1 atom stereocenters. The third-order valence-electron chi connectivity index (χ3n) is 3.03. The van der Waals surface area contributed by atoms with Crippen LogP contribution in [0.4, 0.5) is 16.2 Å². The molecule has 2 N–H and O–H groups in total. The van der Waals surface area contributed by atoms with E-state index in [0.717, 1.165) is 5.69 Å². The van der Waals surface area contributed by atoms with Gasteiger partial charge in [-0.3, -0.25) is 9.69 Å². The zero-order valence-corrected chi connectivity index (χ0v) is 11.0. The molecule has 1 unspecified atom stereocenters. The van der Waals surface area contributed by atoms with Gasteiger partial charge in [-0.25, -0.2) is 4.79 Å². The van der Waals surface area contributed by atoms with Crippen molar-refractivity contribution in [2.75, 3.05) is 30.4 Å².